The highest BCUT2D eigenvalue weighted by Gasteiger charge is 2.39. The fourth-order valence-corrected chi connectivity index (χ4v) is 5.12. The Morgan fingerprint density at radius 3 is 2.58 bits per heavy atom. The summed E-state index contributed by atoms with van der Waals surface area (Å²) < 4.78 is 0. The van der Waals surface area contributed by atoms with E-state index in [1.54, 1.807) is 0 Å². The van der Waals surface area contributed by atoms with Crippen molar-refractivity contribution in [1.29, 1.82) is 0 Å². The zero-order valence-electron chi connectivity index (χ0n) is 18.9. The maximum absolute atomic E-state index is 13.2. The minimum Gasteiger partial charge on any atom is -0.395 e. The van der Waals surface area contributed by atoms with Gasteiger partial charge in [0.25, 0.3) is 0 Å². The van der Waals surface area contributed by atoms with Crippen molar-refractivity contribution in [2.45, 2.75) is 39.7 Å². The monoisotopic (exact) mass is 426 g/mol. The summed E-state index contributed by atoms with van der Waals surface area (Å²) in [5.74, 6) is 0.257. The van der Waals surface area contributed by atoms with Gasteiger partial charge in [0.2, 0.25) is 5.91 Å². The molecule has 2 aliphatic heterocycles. The van der Waals surface area contributed by atoms with Crippen molar-refractivity contribution in [3.63, 3.8) is 0 Å². The Morgan fingerprint density at radius 1 is 1.16 bits per heavy atom. The molecule has 1 atom stereocenters. The van der Waals surface area contributed by atoms with Crippen molar-refractivity contribution in [1.82, 2.24) is 9.80 Å². The number of amides is 1. The molecular formula is C24H34N4O3. The van der Waals surface area contributed by atoms with Gasteiger partial charge in [0.1, 0.15) is 0 Å². The summed E-state index contributed by atoms with van der Waals surface area (Å²) in [4.78, 5) is 32.6. The van der Waals surface area contributed by atoms with Crippen LogP contribution in [0, 0.1) is 5.41 Å². The number of nitrogens with zero attached hydrogens (tertiary/aromatic N) is 3. The highest BCUT2D eigenvalue weighted by molar-refractivity contribution is 6.01. The van der Waals surface area contributed by atoms with E-state index in [4.69, 9.17) is 5.11 Å². The quantitative estimate of drug-likeness (QED) is 0.768. The van der Waals surface area contributed by atoms with Crippen molar-refractivity contribution in [3.8, 4) is 0 Å². The highest BCUT2D eigenvalue weighted by atomic mass is 16.3. The summed E-state index contributed by atoms with van der Waals surface area (Å²) >= 11 is 0. The number of hydrogen-bond donors (Lipinski definition) is 2. The van der Waals surface area contributed by atoms with Gasteiger partial charge < -0.3 is 20.2 Å². The predicted octanol–water partition coefficient (Wildman–Crippen LogP) is 2.09. The number of rotatable bonds is 4. The third-order valence-corrected chi connectivity index (χ3v) is 6.75. The average molecular weight is 427 g/mol. The van der Waals surface area contributed by atoms with Gasteiger partial charge in [-0.3, -0.25) is 14.5 Å². The molecule has 7 heteroatoms. The molecule has 1 saturated heterocycles. The minimum atomic E-state index is -0.172. The van der Waals surface area contributed by atoms with Gasteiger partial charge in [-0.15, -0.1) is 0 Å². The normalized spacial score (nSPS) is 23.7. The molecular weight excluding hydrogens is 392 g/mol. The largest absolute Gasteiger partial charge is 0.395 e. The first-order valence-corrected chi connectivity index (χ1v) is 11.3. The van der Waals surface area contributed by atoms with E-state index in [2.05, 4.69) is 29.0 Å². The molecule has 3 aliphatic rings. The van der Waals surface area contributed by atoms with Gasteiger partial charge in [-0.05, 0) is 30.9 Å². The van der Waals surface area contributed by atoms with Crippen LogP contribution in [-0.2, 0) is 9.59 Å². The number of carbonyl (C=O) groups excluding carboxylic acids is 2. The van der Waals surface area contributed by atoms with Gasteiger partial charge in [-0.1, -0.05) is 26.0 Å². The summed E-state index contributed by atoms with van der Waals surface area (Å²) in [5, 5.41) is 12.7. The van der Waals surface area contributed by atoms with Crippen LogP contribution in [0.25, 0.3) is 0 Å². The highest BCUT2D eigenvalue weighted by Crippen LogP contribution is 2.43. The standard InChI is InChI=1S/C24H34N4O3/c1-17-23-19(14-24(2,3)15-21(23)30)25-18-6-4-5-7-20(18)28(17)16-22(31)27-10-8-26(9-11-27)12-13-29/h4-7,17,25,29H,8-16H2,1-3H3/t17-/m1/s1. The van der Waals surface area contributed by atoms with Crippen LogP contribution in [0.5, 0.6) is 0 Å². The van der Waals surface area contributed by atoms with E-state index in [0.29, 0.717) is 26.1 Å². The molecule has 2 heterocycles. The number of aliphatic hydroxyl groups is 1. The summed E-state index contributed by atoms with van der Waals surface area (Å²) in [6.45, 7) is 10.3. The Morgan fingerprint density at radius 2 is 1.87 bits per heavy atom. The maximum Gasteiger partial charge on any atom is 0.242 e. The number of fused-ring (bicyclic) bond motifs is 1. The van der Waals surface area contributed by atoms with E-state index in [9.17, 15) is 9.59 Å². The summed E-state index contributed by atoms with van der Waals surface area (Å²) in [7, 11) is 0. The van der Waals surface area contributed by atoms with Gasteiger partial charge in [0, 0.05) is 50.4 Å². The molecule has 0 unspecified atom stereocenters. The molecule has 4 rings (SSSR count). The van der Waals surface area contributed by atoms with Crippen molar-refractivity contribution in [2.75, 3.05) is 56.1 Å². The molecule has 1 fully saturated rings. The molecule has 1 aliphatic carbocycles. The molecule has 1 aromatic rings. The molecule has 0 spiro atoms. The van der Waals surface area contributed by atoms with E-state index in [0.717, 1.165) is 42.2 Å². The Balaban J connectivity index is 1.59. The molecule has 2 N–H and O–H groups in total. The zero-order valence-corrected chi connectivity index (χ0v) is 18.9. The van der Waals surface area contributed by atoms with Crippen LogP contribution in [-0.4, -0.2) is 78.5 Å². The number of benzene rings is 1. The molecule has 0 bridgehead atoms. The summed E-state index contributed by atoms with van der Waals surface area (Å²) in [6, 6.07) is 7.84. The first kappa shape index (κ1) is 21.8. The number of allylic oxidation sites excluding steroid dienone is 1. The molecule has 1 amide bonds. The van der Waals surface area contributed by atoms with Gasteiger partial charge in [0.15, 0.2) is 5.78 Å². The summed E-state index contributed by atoms with van der Waals surface area (Å²) in [6.07, 6.45) is 1.35. The first-order chi connectivity index (χ1) is 14.8. The number of β-amino-alcohol motifs (C(OH)–C–C–N with tert-alkyl or cyclic N) is 1. The molecule has 168 valence electrons. The lowest BCUT2D eigenvalue weighted by Gasteiger charge is -2.38. The van der Waals surface area contributed by atoms with E-state index in [-0.39, 0.29) is 36.3 Å². The van der Waals surface area contributed by atoms with Crippen LogP contribution < -0.4 is 10.2 Å². The Bertz CT molecular complexity index is 887. The third kappa shape index (κ3) is 4.48. The van der Waals surface area contributed by atoms with Gasteiger partial charge in [-0.2, -0.15) is 0 Å². The van der Waals surface area contributed by atoms with Crippen molar-refractivity contribution < 1.29 is 14.7 Å². The SMILES string of the molecule is C[C@@H]1C2=C(CC(C)(C)CC2=O)Nc2ccccc2N1CC(=O)N1CCN(CCO)CC1. The molecule has 7 nitrogen and oxygen atoms in total. The fraction of sp³-hybridized carbons (Fsp3) is 0.583. The smallest absolute Gasteiger partial charge is 0.242 e. The van der Waals surface area contributed by atoms with Crippen molar-refractivity contribution in [2.24, 2.45) is 5.41 Å². The molecule has 0 saturated carbocycles. The van der Waals surface area contributed by atoms with Crippen LogP contribution in [0.1, 0.15) is 33.6 Å². The second kappa shape index (κ2) is 8.63. The van der Waals surface area contributed by atoms with Crippen molar-refractivity contribution >= 4 is 23.1 Å². The number of nitrogens with one attached hydrogen (secondary N) is 1. The molecule has 31 heavy (non-hydrogen) atoms. The second-order valence-corrected chi connectivity index (χ2v) is 9.73. The van der Waals surface area contributed by atoms with Crippen LogP contribution in [0.4, 0.5) is 11.4 Å². The van der Waals surface area contributed by atoms with Crippen LogP contribution >= 0.6 is 0 Å². The fourth-order valence-electron chi connectivity index (χ4n) is 5.12. The zero-order chi connectivity index (χ0) is 22.2. The van der Waals surface area contributed by atoms with Crippen molar-refractivity contribution in [3.05, 3.63) is 35.5 Å². The number of para-hydroxylation sites is 2. The number of piperazine rings is 1. The van der Waals surface area contributed by atoms with Gasteiger partial charge in [-0.25, -0.2) is 0 Å². The third-order valence-electron chi connectivity index (χ3n) is 6.75. The van der Waals surface area contributed by atoms with Gasteiger partial charge >= 0.3 is 0 Å². The molecule has 0 radical (unpaired) electrons. The summed E-state index contributed by atoms with van der Waals surface area (Å²) in [5.41, 5.74) is 3.65. The van der Waals surface area contributed by atoms with E-state index < -0.39 is 0 Å². The second-order valence-electron chi connectivity index (χ2n) is 9.73. The van der Waals surface area contributed by atoms with Crippen LogP contribution in [0.15, 0.2) is 35.5 Å². The predicted molar refractivity (Wildman–Crippen MR) is 122 cm³/mol. The number of aliphatic hydroxyl groups excluding tert-OH is 1. The first-order valence-electron chi connectivity index (χ1n) is 11.3. The van der Waals surface area contributed by atoms with Gasteiger partial charge in [0.05, 0.1) is 30.6 Å². The van der Waals surface area contributed by atoms with E-state index >= 15 is 0 Å². The molecule has 0 aromatic heterocycles. The lowest BCUT2D eigenvalue weighted by molar-refractivity contribution is -0.131. The lowest BCUT2D eigenvalue weighted by Crippen LogP contribution is -2.53. The van der Waals surface area contributed by atoms with Crippen LogP contribution in [0.3, 0.4) is 0 Å². The number of carbonyl (C=O) groups is 2. The topological polar surface area (TPSA) is 76.1 Å². The lowest BCUT2D eigenvalue weighted by atomic mass is 9.74. The molecule has 1 aromatic carbocycles. The number of anilines is 2. The Hall–Kier alpha value is -2.38. The Labute approximate surface area is 184 Å². The van der Waals surface area contributed by atoms with E-state index in [1.807, 2.05) is 36.1 Å². The Kier molecular flexibility index (Phi) is 6.08. The number of Topliss-reactive ketones (excluding diaryl/α,β-unsaturated/α-hetero) is 1. The average Bonchev–Trinajstić information content (AvgIpc) is 2.82. The van der Waals surface area contributed by atoms with E-state index in [1.165, 1.54) is 0 Å². The van der Waals surface area contributed by atoms with Crippen LogP contribution in [0.2, 0.25) is 0 Å². The minimum absolute atomic E-state index is 0.0726. The number of hydrogen-bond acceptors (Lipinski definition) is 6. The number of ketones is 1. The maximum atomic E-state index is 13.2.